The molecule has 8 nitrogen and oxygen atoms in total. The van der Waals surface area contributed by atoms with Crippen LogP contribution in [-0.2, 0) is 9.53 Å². The SMILES string of the molecule is CC(=O)N1c2ccc(-c3cnc(N)nc3)cc2[C@H](NC(=O)OC(C)C)C[C@@H]1C.Cl. The van der Waals surface area contributed by atoms with E-state index in [-0.39, 0.29) is 42.5 Å². The van der Waals surface area contributed by atoms with Crippen molar-refractivity contribution < 1.29 is 14.3 Å². The lowest BCUT2D eigenvalue weighted by molar-refractivity contribution is -0.117. The van der Waals surface area contributed by atoms with Crippen LogP contribution >= 0.6 is 12.4 Å². The molecule has 2 aromatic rings. The third-order valence-corrected chi connectivity index (χ3v) is 4.66. The summed E-state index contributed by atoms with van der Waals surface area (Å²) in [6.45, 7) is 7.11. The predicted molar refractivity (Wildman–Crippen MR) is 114 cm³/mol. The second-order valence-electron chi connectivity index (χ2n) is 7.23. The Balaban J connectivity index is 0.00000300. The zero-order chi connectivity index (χ0) is 20.4. The van der Waals surface area contributed by atoms with Crippen molar-refractivity contribution in [3.05, 3.63) is 36.2 Å². The van der Waals surface area contributed by atoms with Gasteiger partial charge in [0.25, 0.3) is 0 Å². The number of hydrogen-bond donors (Lipinski definition) is 2. The molecule has 0 spiro atoms. The maximum atomic E-state index is 12.2. The maximum Gasteiger partial charge on any atom is 0.407 e. The quantitative estimate of drug-likeness (QED) is 0.788. The minimum Gasteiger partial charge on any atom is -0.447 e. The number of nitrogens with two attached hydrogens (primary N) is 1. The van der Waals surface area contributed by atoms with Crippen molar-refractivity contribution in [1.82, 2.24) is 15.3 Å². The number of alkyl carbamates (subject to hydrolysis) is 1. The first-order valence-corrected chi connectivity index (χ1v) is 9.25. The number of carbonyl (C=O) groups is 2. The van der Waals surface area contributed by atoms with Crippen LogP contribution in [0.25, 0.3) is 11.1 Å². The number of amides is 2. The number of fused-ring (bicyclic) bond motifs is 1. The standard InChI is InChI=1S/C20H25N5O3.ClH/c1-11(2)28-20(27)24-17-7-12(3)25(13(4)26)18-6-5-14(8-16(17)18)15-9-22-19(21)23-10-15;/h5-6,8-12,17H,7H2,1-4H3,(H,24,27)(H2,21,22,23);1H/t12-,17+;/m0./s1. The Labute approximate surface area is 176 Å². The summed E-state index contributed by atoms with van der Waals surface area (Å²) in [5.74, 6) is 0.162. The van der Waals surface area contributed by atoms with Gasteiger partial charge in [0.1, 0.15) is 0 Å². The summed E-state index contributed by atoms with van der Waals surface area (Å²) in [6.07, 6.45) is 3.19. The third kappa shape index (κ3) is 4.95. The summed E-state index contributed by atoms with van der Waals surface area (Å²) in [7, 11) is 0. The Hall–Kier alpha value is -2.87. The average Bonchev–Trinajstić information content (AvgIpc) is 2.61. The smallest absolute Gasteiger partial charge is 0.407 e. The van der Waals surface area contributed by atoms with Crippen molar-refractivity contribution >= 4 is 36.0 Å². The number of benzene rings is 1. The molecule has 9 heteroatoms. The van der Waals surface area contributed by atoms with Gasteiger partial charge in [0.15, 0.2) is 0 Å². The van der Waals surface area contributed by atoms with E-state index < -0.39 is 6.09 Å². The summed E-state index contributed by atoms with van der Waals surface area (Å²) in [5, 5.41) is 2.93. The van der Waals surface area contributed by atoms with E-state index in [1.165, 1.54) is 0 Å². The van der Waals surface area contributed by atoms with Gasteiger partial charge in [-0.15, -0.1) is 12.4 Å². The fourth-order valence-electron chi connectivity index (χ4n) is 3.54. The van der Waals surface area contributed by atoms with Gasteiger partial charge in [0, 0.05) is 36.6 Å². The van der Waals surface area contributed by atoms with Gasteiger partial charge in [-0.3, -0.25) is 4.79 Å². The van der Waals surface area contributed by atoms with Crippen LogP contribution in [0.1, 0.15) is 45.7 Å². The third-order valence-electron chi connectivity index (χ3n) is 4.66. The monoisotopic (exact) mass is 419 g/mol. The van der Waals surface area contributed by atoms with Gasteiger partial charge in [-0.1, -0.05) is 6.07 Å². The van der Waals surface area contributed by atoms with E-state index in [0.717, 1.165) is 22.4 Å². The van der Waals surface area contributed by atoms with Gasteiger partial charge in [0.2, 0.25) is 11.9 Å². The molecule has 2 heterocycles. The molecule has 0 saturated heterocycles. The molecule has 1 aromatic heterocycles. The molecule has 2 amide bonds. The van der Waals surface area contributed by atoms with Crippen LogP contribution in [0.2, 0.25) is 0 Å². The fraction of sp³-hybridized carbons (Fsp3) is 0.400. The summed E-state index contributed by atoms with van der Waals surface area (Å²) >= 11 is 0. The van der Waals surface area contributed by atoms with Crippen LogP contribution in [0.4, 0.5) is 16.4 Å². The molecule has 0 saturated carbocycles. The number of aromatic nitrogens is 2. The van der Waals surface area contributed by atoms with Crippen LogP contribution in [0, 0.1) is 0 Å². The van der Waals surface area contributed by atoms with Gasteiger partial charge in [-0.05, 0) is 50.5 Å². The minimum absolute atomic E-state index is 0. The Bertz CT molecular complexity index is 888. The lowest BCUT2D eigenvalue weighted by atomic mass is 9.89. The first-order valence-electron chi connectivity index (χ1n) is 9.25. The highest BCUT2D eigenvalue weighted by Gasteiger charge is 2.33. The average molecular weight is 420 g/mol. The molecule has 3 N–H and O–H groups in total. The number of anilines is 2. The molecule has 1 aliphatic heterocycles. The largest absolute Gasteiger partial charge is 0.447 e. The highest BCUT2D eigenvalue weighted by atomic mass is 35.5. The molecule has 0 aliphatic carbocycles. The Kier molecular flexibility index (Phi) is 7.02. The maximum absolute atomic E-state index is 12.2. The van der Waals surface area contributed by atoms with Crippen LogP contribution in [0.5, 0.6) is 0 Å². The fourth-order valence-corrected chi connectivity index (χ4v) is 3.54. The topological polar surface area (TPSA) is 110 Å². The van der Waals surface area contributed by atoms with Gasteiger partial charge in [-0.2, -0.15) is 0 Å². The number of rotatable bonds is 3. The number of nitrogens with zero attached hydrogens (tertiary/aromatic N) is 3. The van der Waals surface area contributed by atoms with Crippen LogP contribution < -0.4 is 16.0 Å². The second-order valence-corrected chi connectivity index (χ2v) is 7.23. The zero-order valence-corrected chi connectivity index (χ0v) is 17.7. The Morgan fingerprint density at radius 2 is 1.90 bits per heavy atom. The van der Waals surface area contributed by atoms with E-state index in [4.69, 9.17) is 10.5 Å². The molecule has 0 unspecified atom stereocenters. The number of nitrogen functional groups attached to an aromatic ring is 1. The number of ether oxygens (including phenoxy) is 1. The molecular formula is C20H26ClN5O3. The van der Waals surface area contributed by atoms with Crippen molar-refractivity contribution in [2.24, 2.45) is 0 Å². The van der Waals surface area contributed by atoms with Crippen molar-refractivity contribution in [3.8, 4) is 11.1 Å². The van der Waals surface area contributed by atoms with Gasteiger partial charge < -0.3 is 20.7 Å². The van der Waals surface area contributed by atoms with Crippen molar-refractivity contribution in [1.29, 1.82) is 0 Å². The molecule has 1 aromatic carbocycles. The molecule has 0 radical (unpaired) electrons. The molecule has 2 atom stereocenters. The Morgan fingerprint density at radius 1 is 1.24 bits per heavy atom. The second kappa shape index (κ2) is 9.09. The Morgan fingerprint density at radius 3 is 2.48 bits per heavy atom. The van der Waals surface area contributed by atoms with E-state index in [9.17, 15) is 9.59 Å². The molecule has 0 fully saturated rings. The molecule has 3 rings (SSSR count). The van der Waals surface area contributed by atoms with E-state index in [1.54, 1.807) is 38.1 Å². The lowest BCUT2D eigenvalue weighted by Gasteiger charge is -2.39. The van der Waals surface area contributed by atoms with Crippen LogP contribution in [0.15, 0.2) is 30.6 Å². The number of halogens is 1. The molecule has 156 valence electrons. The summed E-state index contributed by atoms with van der Waals surface area (Å²) in [5.41, 5.74) is 8.88. The molecule has 1 aliphatic rings. The van der Waals surface area contributed by atoms with E-state index >= 15 is 0 Å². The van der Waals surface area contributed by atoms with Crippen LogP contribution in [0.3, 0.4) is 0 Å². The zero-order valence-electron chi connectivity index (χ0n) is 16.9. The van der Waals surface area contributed by atoms with Crippen molar-refractivity contribution in [2.45, 2.75) is 52.3 Å². The van der Waals surface area contributed by atoms with Gasteiger partial charge in [0.05, 0.1) is 12.1 Å². The molecule has 29 heavy (non-hydrogen) atoms. The summed E-state index contributed by atoms with van der Waals surface area (Å²) < 4.78 is 5.24. The van der Waals surface area contributed by atoms with E-state index in [1.807, 2.05) is 25.1 Å². The van der Waals surface area contributed by atoms with Crippen molar-refractivity contribution in [3.63, 3.8) is 0 Å². The van der Waals surface area contributed by atoms with Crippen molar-refractivity contribution in [2.75, 3.05) is 10.6 Å². The van der Waals surface area contributed by atoms with E-state index in [2.05, 4.69) is 15.3 Å². The first kappa shape index (κ1) is 22.4. The first-order chi connectivity index (χ1) is 13.3. The molecule has 0 bridgehead atoms. The highest BCUT2D eigenvalue weighted by Crippen LogP contribution is 2.39. The minimum atomic E-state index is -0.476. The van der Waals surface area contributed by atoms with Gasteiger partial charge >= 0.3 is 6.09 Å². The van der Waals surface area contributed by atoms with E-state index in [0.29, 0.717) is 6.42 Å². The normalized spacial score (nSPS) is 17.9. The van der Waals surface area contributed by atoms with Gasteiger partial charge in [-0.25, -0.2) is 14.8 Å². The number of hydrogen-bond acceptors (Lipinski definition) is 6. The highest BCUT2D eigenvalue weighted by molar-refractivity contribution is 5.94. The predicted octanol–water partition coefficient (Wildman–Crippen LogP) is 3.47. The number of nitrogens with one attached hydrogen (secondary N) is 1. The summed E-state index contributed by atoms with van der Waals surface area (Å²) in [4.78, 5) is 34.2. The number of carbonyl (C=O) groups excluding carboxylic acids is 2. The molecular weight excluding hydrogens is 394 g/mol. The van der Waals surface area contributed by atoms with Crippen LogP contribution in [-0.4, -0.2) is 34.1 Å². The lowest BCUT2D eigenvalue weighted by Crippen LogP contribution is -2.45. The summed E-state index contributed by atoms with van der Waals surface area (Å²) in [6, 6.07) is 5.42.